The van der Waals surface area contributed by atoms with Gasteiger partial charge >= 0.3 is 0 Å². The Morgan fingerprint density at radius 1 is 1.07 bits per heavy atom. The van der Waals surface area contributed by atoms with Gasteiger partial charge in [0.25, 0.3) is 0 Å². The standard InChI is InChI=1S/C29H36O/c1-6-19(2)10-8-7-9-14-29-15-13-25-24(12-11-20(3)28(25)30)27(29)26-17-22(5)21(4)16-23(26)18-29/h6,11-12,16-17,27,30H,1-2,7-10,13-15,18H2,3-5H3. The van der Waals surface area contributed by atoms with Crippen LogP contribution in [0, 0.1) is 26.2 Å². The Morgan fingerprint density at radius 3 is 2.60 bits per heavy atom. The number of phenols is 1. The third kappa shape index (κ3) is 3.53. The Kier molecular flexibility index (Phi) is 5.66. The van der Waals surface area contributed by atoms with Crippen molar-refractivity contribution < 1.29 is 5.11 Å². The summed E-state index contributed by atoms with van der Waals surface area (Å²) in [7, 11) is 0. The fraction of sp³-hybridized carbons (Fsp3) is 0.448. The molecule has 0 radical (unpaired) electrons. The van der Waals surface area contributed by atoms with E-state index in [1.165, 1.54) is 71.9 Å². The number of rotatable bonds is 7. The van der Waals surface area contributed by atoms with Gasteiger partial charge in [-0.1, -0.05) is 61.9 Å². The van der Waals surface area contributed by atoms with Crippen LogP contribution in [-0.4, -0.2) is 5.11 Å². The largest absolute Gasteiger partial charge is 0.507 e. The predicted octanol–water partition coefficient (Wildman–Crippen LogP) is 7.63. The minimum Gasteiger partial charge on any atom is -0.507 e. The predicted molar refractivity (Wildman–Crippen MR) is 127 cm³/mol. The molecule has 2 atom stereocenters. The van der Waals surface area contributed by atoms with E-state index < -0.39 is 0 Å². The summed E-state index contributed by atoms with van der Waals surface area (Å²) in [5, 5.41) is 10.8. The molecule has 1 heteroatoms. The highest BCUT2D eigenvalue weighted by Gasteiger charge is 2.49. The third-order valence-electron chi connectivity index (χ3n) is 7.89. The van der Waals surface area contributed by atoms with Crippen molar-refractivity contribution in [2.45, 2.75) is 78.1 Å². The molecule has 0 spiro atoms. The molecule has 0 heterocycles. The van der Waals surface area contributed by atoms with Crippen molar-refractivity contribution in [1.82, 2.24) is 0 Å². The minimum atomic E-state index is 0.298. The normalized spacial score (nSPS) is 21.6. The lowest BCUT2D eigenvalue weighted by Crippen LogP contribution is -2.32. The molecular weight excluding hydrogens is 364 g/mol. The molecule has 4 rings (SSSR count). The monoisotopic (exact) mass is 400 g/mol. The van der Waals surface area contributed by atoms with Crippen LogP contribution in [0.25, 0.3) is 0 Å². The zero-order valence-electron chi connectivity index (χ0n) is 19.0. The van der Waals surface area contributed by atoms with Gasteiger partial charge in [0, 0.05) is 5.92 Å². The van der Waals surface area contributed by atoms with Crippen molar-refractivity contribution in [3.63, 3.8) is 0 Å². The average Bonchev–Trinajstić information content (AvgIpc) is 3.04. The Labute approximate surface area is 182 Å². The van der Waals surface area contributed by atoms with Crippen molar-refractivity contribution in [3.8, 4) is 5.75 Å². The molecule has 0 aromatic heterocycles. The molecule has 158 valence electrons. The van der Waals surface area contributed by atoms with Crippen LogP contribution in [0.5, 0.6) is 5.75 Å². The minimum absolute atomic E-state index is 0.298. The van der Waals surface area contributed by atoms with E-state index in [0.29, 0.717) is 17.1 Å². The van der Waals surface area contributed by atoms with Crippen molar-refractivity contribution in [2.75, 3.05) is 0 Å². The van der Waals surface area contributed by atoms with Gasteiger partial charge in [-0.15, -0.1) is 0 Å². The first kappa shape index (κ1) is 21.0. The molecule has 2 aromatic rings. The van der Waals surface area contributed by atoms with Gasteiger partial charge in [0.05, 0.1) is 0 Å². The summed E-state index contributed by atoms with van der Waals surface area (Å²) >= 11 is 0. The zero-order valence-corrected chi connectivity index (χ0v) is 19.0. The summed E-state index contributed by atoms with van der Waals surface area (Å²) < 4.78 is 0. The smallest absolute Gasteiger partial charge is 0.121 e. The zero-order chi connectivity index (χ0) is 21.5. The summed E-state index contributed by atoms with van der Waals surface area (Å²) in [6, 6.07) is 9.30. The molecule has 30 heavy (non-hydrogen) atoms. The van der Waals surface area contributed by atoms with Crippen LogP contribution in [0.2, 0.25) is 0 Å². The Hall–Kier alpha value is -2.28. The third-order valence-corrected chi connectivity index (χ3v) is 7.89. The second kappa shape index (κ2) is 8.10. The summed E-state index contributed by atoms with van der Waals surface area (Å²) in [4.78, 5) is 0. The highest BCUT2D eigenvalue weighted by Crippen LogP contribution is 2.60. The lowest BCUT2D eigenvalue weighted by atomic mass is 9.62. The topological polar surface area (TPSA) is 20.2 Å². The van der Waals surface area contributed by atoms with E-state index in [1.807, 2.05) is 13.0 Å². The van der Waals surface area contributed by atoms with E-state index in [0.717, 1.165) is 24.0 Å². The van der Waals surface area contributed by atoms with E-state index in [1.54, 1.807) is 0 Å². The highest BCUT2D eigenvalue weighted by atomic mass is 16.3. The summed E-state index contributed by atoms with van der Waals surface area (Å²) in [6.45, 7) is 14.4. The number of unbranched alkanes of at least 4 members (excludes halogenated alkanes) is 2. The van der Waals surface area contributed by atoms with Gasteiger partial charge in [-0.25, -0.2) is 0 Å². The van der Waals surface area contributed by atoms with E-state index in [2.05, 4.69) is 51.3 Å². The molecule has 2 aromatic carbocycles. The first-order chi connectivity index (χ1) is 14.4. The maximum atomic E-state index is 10.8. The van der Waals surface area contributed by atoms with Crippen LogP contribution in [0.4, 0.5) is 0 Å². The molecule has 2 aliphatic carbocycles. The van der Waals surface area contributed by atoms with E-state index in [9.17, 15) is 5.11 Å². The summed E-state index contributed by atoms with van der Waals surface area (Å²) in [5.74, 6) is 0.950. The number of aryl methyl sites for hydroxylation is 3. The Balaban J connectivity index is 1.66. The fourth-order valence-electron chi connectivity index (χ4n) is 6.00. The van der Waals surface area contributed by atoms with Crippen LogP contribution in [0.1, 0.15) is 83.4 Å². The maximum Gasteiger partial charge on any atom is 0.121 e. The number of hydrogen-bond acceptors (Lipinski definition) is 1. The first-order valence-corrected chi connectivity index (χ1v) is 11.6. The second-order valence-corrected chi connectivity index (χ2v) is 9.83. The molecule has 2 unspecified atom stereocenters. The summed E-state index contributed by atoms with van der Waals surface area (Å²) in [5.41, 5.74) is 10.9. The Morgan fingerprint density at radius 2 is 1.83 bits per heavy atom. The molecule has 0 saturated carbocycles. The average molecular weight is 401 g/mol. The molecule has 2 aliphatic rings. The van der Waals surface area contributed by atoms with Crippen LogP contribution in [0.15, 0.2) is 49.1 Å². The quantitative estimate of drug-likeness (QED) is 0.374. The molecule has 0 bridgehead atoms. The van der Waals surface area contributed by atoms with E-state index >= 15 is 0 Å². The van der Waals surface area contributed by atoms with Crippen molar-refractivity contribution in [2.24, 2.45) is 5.41 Å². The van der Waals surface area contributed by atoms with Crippen molar-refractivity contribution >= 4 is 0 Å². The van der Waals surface area contributed by atoms with Crippen molar-refractivity contribution in [1.29, 1.82) is 0 Å². The lowest BCUT2D eigenvalue weighted by molar-refractivity contribution is 0.202. The van der Waals surface area contributed by atoms with E-state index in [-0.39, 0.29) is 0 Å². The SMILES string of the molecule is C=CC(=C)CCCCCC12CCc3c(ccc(C)c3O)C1c1cc(C)c(C)cc1C2. The molecule has 1 N–H and O–H groups in total. The molecule has 0 saturated heterocycles. The van der Waals surface area contributed by atoms with Gasteiger partial charge in [0.1, 0.15) is 5.75 Å². The number of aromatic hydroxyl groups is 1. The number of benzene rings is 2. The van der Waals surface area contributed by atoms with Gasteiger partial charge in [-0.3, -0.25) is 0 Å². The second-order valence-electron chi connectivity index (χ2n) is 9.83. The number of phenolic OH excluding ortho intramolecular Hbond substituents is 1. The molecule has 0 aliphatic heterocycles. The molecule has 0 amide bonds. The Bertz CT molecular complexity index is 996. The molecular formula is C29H36O. The van der Waals surface area contributed by atoms with Gasteiger partial charge in [-0.2, -0.15) is 0 Å². The first-order valence-electron chi connectivity index (χ1n) is 11.6. The highest BCUT2D eigenvalue weighted by molar-refractivity contribution is 5.56. The van der Waals surface area contributed by atoms with Crippen molar-refractivity contribution in [3.05, 3.63) is 88.0 Å². The van der Waals surface area contributed by atoms with Gasteiger partial charge in [0.2, 0.25) is 0 Å². The van der Waals surface area contributed by atoms with Crippen LogP contribution in [-0.2, 0) is 12.8 Å². The number of fused-ring (bicyclic) bond motifs is 5. The van der Waals surface area contributed by atoms with Crippen LogP contribution in [0.3, 0.4) is 0 Å². The number of allylic oxidation sites excluding steroid dienone is 2. The van der Waals surface area contributed by atoms with Gasteiger partial charge in [-0.05, 0) is 104 Å². The van der Waals surface area contributed by atoms with Gasteiger partial charge in [0.15, 0.2) is 0 Å². The van der Waals surface area contributed by atoms with E-state index in [4.69, 9.17) is 0 Å². The fourth-order valence-corrected chi connectivity index (χ4v) is 6.00. The number of hydrogen-bond donors (Lipinski definition) is 1. The molecule has 1 nitrogen and oxygen atoms in total. The van der Waals surface area contributed by atoms with Gasteiger partial charge < -0.3 is 5.11 Å². The maximum absolute atomic E-state index is 10.8. The lowest BCUT2D eigenvalue weighted by Gasteiger charge is -2.42. The van der Waals surface area contributed by atoms with Crippen LogP contribution >= 0.6 is 0 Å². The summed E-state index contributed by atoms with van der Waals surface area (Å²) in [6.07, 6.45) is 11.3. The molecule has 0 fully saturated rings. The van der Waals surface area contributed by atoms with Crippen LogP contribution < -0.4 is 0 Å².